The number of anilines is 1. The van der Waals surface area contributed by atoms with Crippen molar-refractivity contribution in [3.63, 3.8) is 0 Å². The van der Waals surface area contributed by atoms with Crippen molar-refractivity contribution < 1.29 is 18.6 Å². The van der Waals surface area contributed by atoms with Crippen LogP contribution in [0.2, 0.25) is 0 Å². The summed E-state index contributed by atoms with van der Waals surface area (Å²) in [5.74, 6) is -1.09. The molecule has 0 aromatic carbocycles. The van der Waals surface area contributed by atoms with Gasteiger partial charge in [-0.15, -0.1) is 0 Å². The van der Waals surface area contributed by atoms with Crippen LogP contribution < -0.4 is 5.32 Å². The zero-order chi connectivity index (χ0) is 16.5. The van der Waals surface area contributed by atoms with Crippen LogP contribution in [0.5, 0.6) is 0 Å². The van der Waals surface area contributed by atoms with Gasteiger partial charge in [0.2, 0.25) is 5.92 Å². The van der Waals surface area contributed by atoms with Crippen molar-refractivity contribution in [3.8, 4) is 0 Å². The van der Waals surface area contributed by atoms with Gasteiger partial charge in [-0.1, -0.05) is 0 Å². The van der Waals surface area contributed by atoms with Gasteiger partial charge in [0.15, 0.2) is 0 Å². The Kier molecular flexibility index (Phi) is 4.51. The second-order valence-corrected chi connectivity index (χ2v) is 6.72. The Morgan fingerprint density at radius 2 is 2.04 bits per heavy atom. The molecule has 1 aliphatic heterocycles. The molecule has 0 spiro atoms. The van der Waals surface area contributed by atoms with Gasteiger partial charge in [-0.05, 0) is 26.2 Å². The van der Waals surface area contributed by atoms with E-state index in [2.05, 4.69) is 15.3 Å². The van der Waals surface area contributed by atoms with E-state index >= 15 is 0 Å². The van der Waals surface area contributed by atoms with Crippen LogP contribution in [0.15, 0.2) is 6.07 Å². The molecule has 2 aliphatic rings. The van der Waals surface area contributed by atoms with Gasteiger partial charge in [0, 0.05) is 38.0 Å². The third-order valence-electron chi connectivity index (χ3n) is 4.72. The van der Waals surface area contributed by atoms with Gasteiger partial charge in [0.25, 0.3) is 0 Å². The van der Waals surface area contributed by atoms with Crippen molar-refractivity contribution in [2.24, 2.45) is 0 Å². The average Bonchev–Trinajstić information content (AvgIpc) is 3.03. The predicted octanol–water partition coefficient (Wildman–Crippen LogP) is 2.64. The number of alkyl halides is 2. The number of aryl methyl sites for hydroxylation is 1. The summed E-state index contributed by atoms with van der Waals surface area (Å²) in [6.45, 7) is 3.44. The van der Waals surface area contributed by atoms with Gasteiger partial charge in [-0.3, -0.25) is 0 Å². The van der Waals surface area contributed by atoms with E-state index < -0.39 is 11.5 Å². The van der Waals surface area contributed by atoms with E-state index in [9.17, 15) is 13.9 Å². The first-order valence-electron chi connectivity index (χ1n) is 8.13. The molecule has 1 aliphatic carbocycles. The van der Waals surface area contributed by atoms with Crippen molar-refractivity contribution in [2.45, 2.75) is 56.5 Å². The lowest BCUT2D eigenvalue weighted by Crippen LogP contribution is -2.43. The molecule has 0 radical (unpaired) electrons. The normalized spacial score (nSPS) is 26.2. The minimum absolute atomic E-state index is 0.0976. The zero-order valence-corrected chi connectivity index (χ0v) is 13.3. The molecule has 1 aromatic heterocycles. The van der Waals surface area contributed by atoms with Gasteiger partial charge in [0.1, 0.15) is 11.6 Å². The molecular formula is C16H23F2N3O2. The third-order valence-corrected chi connectivity index (χ3v) is 4.72. The number of rotatable bonds is 4. The summed E-state index contributed by atoms with van der Waals surface area (Å²) in [4.78, 5) is 8.78. The molecule has 1 saturated carbocycles. The van der Waals surface area contributed by atoms with Crippen molar-refractivity contribution in [3.05, 3.63) is 17.6 Å². The Morgan fingerprint density at radius 1 is 1.30 bits per heavy atom. The maximum atomic E-state index is 13.2. The molecule has 1 atom stereocenters. The van der Waals surface area contributed by atoms with Crippen molar-refractivity contribution in [1.82, 2.24) is 9.97 Å². The average molecular weight is 327 g/mol. The smallest absolute Gasteiger partial charge is 0.248 e. The molecule has 7 heteroatoms. The molecule has 5 nitrogen and oxygen atoms in total. The van der Waals surface area contributed by atoms with E-state index in [1.54, 1.807) is 0 Å². The summed E-state index contributed by atoms with van der Waals surface area (Å²) in [6, 6.07) is 1.87. The first kappa shape index (κ1) is 16.5. The minimum Gasteiger partial charge on any atom is -0.388 e. The molecule has 1 aromatic rings. The van der Waals surface area contributed by atoms with E-state index in [-0.39, 0.29) is 38.1 Å². The van der Waals surface area contributed by atoms with E-state index in [1.807, 2.05) is 13.0 Å². The minimum atomic E-state index is -2.65. The number of halogens is 2. The van der Waals surface area contributed by atoms with Crippen LogP contribution in [-0.4, -0.2) is 46.4 Å². The van der Waals surface area contributed by atoms with Crippen LogP contribution >= 0.6 is 0 Å². The molecule has 0 unspecified atom stereocenters. The van der Waals surface area contributed by atoms with Gasteiger partial charge in [-0.25, -0.2) is 18.7 Å². The predicted molar refractivity (Wildman–Crippen MR) is 81.8 cm³/mol. The van der Waals surface area contributed by atoms with E-state index in [0.717, 1.165) is 18.7 Å². The summed E-state index contributed by atoms with van der Waals surface area (Å²) in [7, 11) is 0. The summed E-state index contributed by atoms with van der Waals surface area (Å²) >= 11 is 0. The highest BCUT2D eigenvalue weighted by atomic mass is 19.3. The molecule has 128 valence electrons. The summed E-state index contributed by atoms with van der Waals surface area (Å²) in [5.41, 5.74) is -0.170. The van der Waals surface area contributed by atoms with Gasteiger partial charge in [0.05, 0.1) is 17.9 Å². The fraction of sp³-hybridized carbons (Fsp3) is 0.750. The first-order chi connectivity index (χ1) is 10.9. The number of ether oxygens (including phenoxy) is 1. The Morgan fingerprint density at radius 3 is 2.70 bits per heavy atom. The van der Waals surface area contributed by atoms with Gasteiger partial charge in [-0.2, -0.15) is 0 Å². The molecule has 0 amide bonds. The highest BCUT2D eigenvalue weighted by Crippen LogP contribution is 2.38. The summed E-state index contributed by atoms with van der Waals surface area (Å²) in [6.07, 6.45) is 0.604. The molecule has 2 fully saturated rings. The Balaban J connectivity index is 1.64. The van der Waals surface area contributed by atoms with E-state index in [1.165, 1.54) is 0 Å². The zero-order valence-electron chi connectivity index (χ0n) is 13.3. The highest BCUT2D eigenvalue weighted by molar-refractivity contribution is 5.37. The fourth-order valence-electron chi connectivity index (χ4n) is 3.17. The van der Waals surface area contributed by atoms with Crippen molar-refractivity contribution in [2.75, 3.05) is 25.1 Å². The standard InChI is InChI=1S/C16H23F2N3O2/c1-11-20-13(12-2-7-23-9-12)8-14(21-11)19-10-15(22)3-5-16(17,18)6-4-15/h8,12,22H,2-7,9-10H2,1H3,(H,19,20,21)/t12-/m1/s1. The second-order valence-electron chi connectivity index (χ2n) is 6.72. The number of nitrogens with one attached hydrogen (secondary N) is 1. The lowest BCUT2D eigenvalue weighted by Gasteiger charge is -2.36. The van der Waals surface area contributed by atoms with E-state index in [4.69, 9.17) is 4.74 Å². The fourth-order valence-corrected chi connectivity index (χ4v) is 3.17. The van der Waals surface area contributed by atoms with E-state index in [0.29, 0.717) is 18.2 Å². The van der Waals surface area contributed by atoms with Crippen LogP contribution in [0.1, 0.15) is 49.5 Å². The van der Waals surface area contributed by atoms with Crippen LogP contribution in [0.4, 0.5) is 14.6 Å². The molecule has 3 rings (SSSR count). The number of nitrogens with zero attached hydrogens (tertiary/aromatic N) is 2. The number of hydrogen-bond acceptors (Lipinski definition) is 5. The number of aliphatic hydroxyl groups is 1. The maximum absolute atomic E-state index is 13.2. The Bertz CT molecular complexity index is 552. The largest absolute Gasteiger partial charge is 0.388 e. The lowest BCUT2D eigenvalue weighted by atomic mass is 9.83. The van der Waals surface area contributed by atoms with Gasteiger partial charge < -0.3 is 15.2 Å². The highest BCUT2D eigenvalue weighted by Gasteiger charge is 2.42. The maximum Gasteiger partial charge on any atom is 0.248 e. The topological polar surface area (TPSA) is 67.3 Å². The Hall–Kier alpha value is -1.34. The third kappa shape index (κ3) is 4.14. The molecule has 2 N–H and O–H groups in total. The van der Waals surface area contributed by atoms with Gasteiger partial charge >= 0.3 is 0 Å². The number of hydrogen-bond donors (Lipinski definition) is 2. The Labute approximate surface area is 134 Å². The summed E-state index contributed by atoms with van der Waals surface area (Å²) in [5, 5.41) is 13.6. The molecule has 0 bridgehead atoms. The molecule has 1 saturated heterocycles. The number of aromatic nitrogens is 2. The van der Waals surface area contributed by atoms with Crippen LogP contribution in [0, 0.1) is 6.92 Å². The molecule has 2 heterocycles. The monoisotopic (exact) mass is 327 g/mol. The van der Waals surface area contributed by atoms with Crippen molar-refractivity contribution in [1.29, 1.82) is 0 Å². The quantitative estimate of drug-likeness (QED) is 0.890. The SMILES string of the molecule is Cc1nc(NCC2(O)CCC(F)(F)CC2)cc([C@@H]2CCOC2)n1. The van der Waals surface area contributed by atoms with Crippen LogP contribution in [-0.2, 0) is 4.74 Å². The van der Waals surface area contributed by atoms with Crippen LogP contribution in [0.3, 0.4) is 0 Å². The first-order valence-corrected chi connectivity index (χ1v) is 8.13. The summed E-state index contributed by atoms with van der Waals surface area (Å²) < 4.78 is 31.8. The second kappa shape index (κ2) is 6.28. The van der Waals surface area contributed by atoms with Crippen LogP contribution in [0.25, 0.3) is 0 Å². The molecule has 23 heavy (non-hydrogen) atoms. The van der Waals surface area contributed by atoms with Crippen molar-refractivity contribution >= 4 is 5.82 Å². The lowest BCUT2D eigenvalue weighted by molar-refractivity contribution is -0.0978. The molecular weight excluding hydrogens is 304 g/mol.